The van der Waals surface area contributed by atoms with Crippen LogP contribution in [0.1, 0.15) is 13.3 Å². The number of halogens is 2. The first kappa shape index (κ1) is 10.1. The Bertz CT molecular complexity index is 170. The van der Waals surface area contributed by atoms with Gasteiger partial charge < -0.3 is 4.74 Å². The van der Waals surface area contributed by atoms with E-state index < -0.39 is 18.3 Å². The topological polar surface area (TPSA) is 26.3 Å². The smallest absolute Gasteiger partial charge is 0.333 e. The SMILES string of the molecule is C=C(CC(C)(F)F)C(=O)OC. The highest BCUT2D eigenvalue weighted by Crippen LogP contribution is 2.21. The molecule has 0 heterocycles. The molecule has 0 aliphatic carbocycles. The van der Waals surface area contributed by atoms with E-state index in [1.54, 1.807) is 0 Å². The van der Waals surface area contributed by atoms with Crippen LogP contribution in [0.25, 0.3) is 0 Å². The first-order valence-electron chi connectivity index (χ1n) is 3.01. The number of rotatable bonds is 3. The third-order valence-electron chi connectivity index (χ3n) is 0.998. The molecule has 0 saturated carbocycles. The highest BCUT2D eigenvalue weighted by molar-refractivity contribution is 5.87. The molecule has 0 bridgehead atoms. The summed E-state index contributed by atoms with van der Waals surface area (Å²) in [6, 6.07) is 0. The maximum absolute atomic E-state index is 12.2. The Labute approximate surface area is 63.8 Å². The molecule has 11 heavy (non-hydrogen) atoms. The minimum atomic E-state index is -2.90. The number of carbonyl (C=O) groups is 1. The van der Waals surface area contributed by atoms with E-state index in [0.29, 0.717) is 0 Å². The fraction of sp³-hybridized carbons (Fsp3) is 0.571. The van der Waals surface area contributed by atoms with Gasteiger partial charge in [0.2, 0.25) is 5.92 Å². The molecule has 0 saturated heterocycles. The molecule has 0 aliphatic rings. The molecule has 0 N–H and O–H groups in total. The van der Waals surface area contributed by atoms with E-state index in [4.69, 9.17) is 0 Å². The predicted molar refractivity (Wildman–Crippen MR) is 36.4 cm³/mol. The zero-order chi connectivity index (χ0) is 9.07. The Morgan fingerprint density at radius 1 is 1.64 bits per heavy atom. The third-order valence-corrected chi connectivity index (χ3v) is 0.998. The summed E-state index contributed by atoms with van der Waals surface area (Å²) in [5, 5.41) is 0. The molecular weight excluding hydrogens is 154 g/mol. The summed E-state index contributed by atoms with van der Waals surface area (Å²) in [6.07, 6.45) is -0.653. The molecule has 0 amide bonds. The fourth-order valence-corrected chi connectivity index (χ4v) is 0.591. The van der Waals surface area contributed by atoms with Gasteiger partial charge in [-0.05, 0) is 6.92 Å². The molecule has 0 rings (SSSR count). The van der Waals surface area contributed by atoms with Crippen molar-refractivity contribution in [3.8, 4) is 0 Å². The van der Waals surface area contributed by atoms with Crippen LogP contribution in [0.3, 0.4) is 0 Å². The molecule has 0 aliphatic heterocycles. The van der Waals surface area contributed by atoms with Crippen molar-refractivity contribution >= 4 is 5.97 Å². The summed E-state index contributed by atoms with van der Waals surface area (Å²) in [6.45, 7) is 3.88. The van der Waals surface area contributed by atoms with Gasteiger partial charge in [0.05, 0.1) is 7.11 Å². The van der Waals surface area contributed by atoms with Crippen molar-refractivity contribution in [3.05, 3.63) is 12.2 Å². The number of carbonyl (C=O) groups excluding carboxylic acids is 1. The second-order valence-electron chi connectivity index (χ2n) is 2.34. The van der Waals surface area contributed by atoms with Crippen LogP contribution < -0.4 is 0 Å². The number of esters is 1. The van der Waals surface area contributed by atoms with Crippen LogP contribution in [0.5, 0.6) is 0 Å². The standard InChI is InChI=1S/C7H10F2O2/c1-5(6(10)11-3)4-7(2,8)9/h1,4H2,2-3H3. The molecule has 4 heteroatoms. The second-order valence-corrected chi connectivity index (χ2v) is 2.34. The van der Waals surface area contributed by atoms with Gasteiger partial charge in [0.15, 0.2) is 0 Å². The Morgan fingerprint density at radius 2 is 2.09 bits per heavy atom. The van der Waals surface area contributed by atoms with Gasteiger partial charge in [-0.25, -0.2) is 13.6 Å². The minimum absolute atomic E-state index is 0.208. The van der Waals surface area contributed by atoms with Crippen molar-refractivity contribution in [1.82, 2.24) is 0 Å². The van der Waals surface area contributed by atoms with Gasteiger partial charge in [0.1, 0.15) is 0 Å². The number of hydrogen-bond donors (Lipinski definition) is 0. The van der Waals surface area contributed by atoms with Crippen LogP contribution in [0.15, 0.2) is 12.2 Å². The van der Waals surface area contributed by atoms with Crippen molar-refractivity contribution < 1.29 is 18.3 Å². The van der Waals surface area contributed by atoms with Crippen LogP contribution in [0.4, 0.5) is 8.78 Å². The van der Waals surface area contributed by atoms with Crippen molar-refractivity contribution in [3.63, 3.8) is 0 Å². The second kappa shape index (κ2) is 3.46. The van der Waals surface area contributed by atoms with E-state index in [9.17, 15) is 13.6 Å². The lowest BCUT2D eigenvalue weighted by atomic mass is 10.1. The average Bonchev–Trinajstić information content (AvgIpc) is 1.82. The summed E-state index contributed by atoms with van der Waals surface area (Å²) >= 11 is 0. The minimum Gasteiger partial charge on any atom is -0.466 e. The molecule has 0 atom stereocenters. The molecule has 64 valence electrons. The van der Waals surface area contributed by atoms with Gasteiger partial charge >= 0.3 is 5.97 Å². The molecule has 0 radical (unpaired) electrons. The Kier molecular flexibility index (Phi) is 3.17. The first-order valence-corrected chi connectivity index (χ1v) is 3.01. The van der Waals surface area contributed by atoms with E-state index in [1.165, 1.54) is 0 Å². The normalized spacial score (nSPS) is 10.9. The van der Waals surface area contributed by atoms with E-state index in [1.807, 2.05) is 0 Å². The lowest BCUT2D eigenvalue weighted by molar-refractivity contribution is -0.137. The highest BCUT2D eigenvalue weighted by Gasteiger charge is 2.25. The summed E-state index contributed by atoms with van der Waals surface area (Å²) in [5.41, 5.74) is -0.208. The number of methoxy groups -OCH3 is 1. The van der Waals surface area contributed by atoms with E-state index in [0.717, 1.165) is 14.0 Å². The Hall–Kier alpha value is -0.930. The van der Waals surface area contributed by atoms with Crippen molar-refractivity contribution in [2.45, 2.75) is 19.3 Å². The largest absolute Gasteiger partial charge is 0.466 e. The molecule has 0 fully saturated rings. The fourth-order valence-electron chi connectivity index (χ4n) is 0.591. The summed E-state index contributed by atoms with van der Waals surface area (Å²) in [4.78, 5) is 10.5. The zero-order valence-electron chi connectivity index (χ0n) is 6.49. The van der Waals surface area contributed by atoms with E-state index >= 15 is 0 Å². The van der Waals surface area contributed by atoms with Gasteiger partial charge in [-0.15, -0.1) is 0 Å². The maximum atomic E-state index is 12.2. The summed E-state index contributed by atoms with van der Waals surface area (Å²) in [5.74, 6) is -3.68. The monoisotopic (exact) mass is 164 g/mol. The van der Waals surface area contributed by atoms with Gasteiger partial charge in [-0.3, -0.25) is 0 Å². The highest BCUT2D eigenvalue weighted by atomic mass is 19.3. The van der Waals surface area contributed by atoms with Crippen LogP contribution in [-0.4, -0.2) is 19.0 Å². The molecule has 0 aromatic rings. The molecular formula is C7H10F2O2. The van der Waals surface area contributed by atoms with Crippen molar-refractivity contribution in [2.24, 2.45) is 0 Å². The van der Waals surface area contributed by atoms with Crippen LogP contribution in [0, 0.1) is 0 Å². The molecule has 2 nitrogen and oxygen atoms in total. The third kappa shape index (κ3) is 4.47. The van der Waals surface area contributed by atoms with Crippen LogP contribution in [-0.2, 0) is 9.53 Å². The number of alkyl halides is 2. The molecule has 0 aromatic heterocycles. The average molecular weight is 164 g/mol. The molecule has 0 aromatic carbocycles. The van der Waals surface area contributed by atoms with E-state index in [-0.39, 0.29) is 5.57 Å². The Balaban J connectivity index is 3.99. The van der Waals surface area contributed by atoms with Gasteiger partial charge in [0, 0.05) is 12.0 Å². The summed E-state index contributed by atoms with van der Waals surface area (Å²) < 4.78 is 28.6. The van der Waals surface area contributed by atoms with Crippen molar-refractivity contribution in [1.29, 1.82) is 0 Å². The Morgan fingerprint density at radius 3 is 2.36 bits per heavy atom. The summed E-state index contributed by atoms with van der Waals surface area (Å²) in [7, 11) is 1.13. The van der Waals surface area contributed by atoms with Crippen molar-refractivity contribution in [2.75, 3.05) is 7.11 Å². The number of ether oxygens (including phenoxy) is 1. The maximum Gasteiger partial charge on any atom is 0.333 e. The quantitative estimate of drug-likeness (QED) is 0.469. The lowest BCUT2D eigenvalue weighted by Crippen LogP contribution is -2.15. The molecule has 0 spiro atoms. The van der Waals surface area contributed by atoms with Crippen LogP contribution in [0.2, 0.25) is 0 Å². The lowest BCUT2D eigenvalue weighted by Gasteiger charge is -2.09. The van der Waals surface area contributed by atoms with Crippen LogP contribution >= 0.6 is 0 Å². The van der Waals surface area contributed by atoms with E-state index in [2.05, 4.69) is 11.3 Å². The zero-order valence-corrected chi connectivity index (χ0v) is 6.49. The van der Waals surface area contributed by atoms with Gasteiger partial charge in [-0.1, -0.05) is 6.58 Å². The van der Waals surface area contributed by atoms with Gasteiger partial charge in [0.25, 0.3) is 0 Å². The first-order chi connectivity index (χ1) is 4.87. The van der Waals surface area contributed by atoms with Gasteiger partial charge in [-0.2, -0.15) is 0 Å². The molecule has 0 unspecified atom stereocenters. The number of hydrogen-bond acceptors (Lipinski definition) is 2. The predicted octanol–water partition coefficient (Wildman–Crippen LogP) is 1.76.